The van der Waals surface area contributed by atoms with E-state index in [4.69, 9.17) is 0 Å². The second-order valence-corrected chi connectivity index (χ2v) is 9.99. The van der Waals surface area contributed by atoms with Gasteiger partial charge in [-0.3, -0.25) is 19.7 Å². The van der Waals surface area contributed by atoms with Gasteiger partial charge in [0.1, 0.15) is 11.9 Å². The number of likely N-dealkylation sites (tertiary alicyclic amines) is 1. The van der Waals surface area contributed by atoms with Crippen molar-refractivity contribution >= 4 is 23.8 Å². The van der Waals surface area contributed by atoms with Crippen LogP contribution in [-0.4, -0.2) is 57.9 Å². The number of carbonyl (C=O) groups is 4. The molecule has 4 rings (SSSR count). The third-order valence-corrected chi connectivity index (χ3v) is 7.07. The number of hydrogen-bond acceptors (Lipinski definition) is 4. The maximum atomic E-state index is 15.8. The van der Waals surface area contributed by atoms with Crippen LogP contribution in [0.4, 0.5) is 9.18 Å². The molecule has 1 aromatic carbocycles. The molecule has 3 atom stereocenters. The van der Waals surface area contributed by atoms with Crippen LogP contribution in [0, 0.1) is 17.2 Å². The van der Waals surface area contributed by atoms with Gasteiger partial charge in [0.15, 0.2) is 0 Å². The van der Waals surface area contributed by atoms with Crippen LogP contribution < -0.4 is 5.32 Å². The van der Waals surface area contributed by atoms with E-state index in [1.54, 1.807) is 12.1 Å². The molecule has 0 bridgehead atoms. The molecule has 9 heteroatoms. The fraction of sp³-hybridized carbons (Fsp3) is 0.565. The number of rotatable bonds is 2. The highest BCUT2D eigenvalue weighted by molar-refractivity contribution is 6.05. The zero-order chi connectivity index (χ0) is 23.4. The highest BCUT2D eigenvalue weighted by Crippen LogP contribution is 2.45. The van der Waals surface area contributed by atoms with Gasteiger partial charge in [-0.05, 0) is 41.7 Å². The van der Waals surface area contributed by atoms with E-state index in [1.165, 1.54) is 9.80 Å². The minimum absolute atomic E-state index is 0.0196. The number of amides is 4. The number of benzene rings is 1. The van der Waals surface area contributed by atoms with Crippen molar-refractivity contribution in [2.45, 2.75) is 58.5 Å². The van der Waals surface area contributed by atoms with Crippen LogP contribution in [0.15, 0.2) is 12.1 Å². The molecule has 0 aliphatic carbocycles. The van der Waals surface area contributed by atoms with Gasteiger partial charge in [-0.15, -0.1) is 0 Å². The predicted molar refractivity (Wildman–Crippen MR) is 112 cm³/mol. The number of carboxylic acid groups (broad SMARTS) is 1. The Morgan fingerprint density at radius 1 is 1.19 bits per heavy atom. The van der Waals surface area contributed by atoms with Crippen LogP contribution in [-0.2, 0) is 16.1 Å². The SMILES string of the molecule is CC(C)(C)C1CN(C(=O)O)CCC1c1ccc2c(c1F)CN(C1CCC(=O)NC1=O)C2=O. The number of hydrogen-bond donors (Lipinski definition) is 2. The van der Waals surface area contributed by atoms with Crippen LogP contribution in [0.25, 0.3) is 0 Å². The number of fused-ring (bicyclic) bond motifs is 1. The van der Waals surface area contributed by atoms with Crippen LogP contribution >= 0.6 is 0 Å². The van der Waals surface area contributed by atoms with Crippen molar-refractivity contribution in [3.8, 4) is 0 Å². The van der Waals surface area contributed by atoms with Crippen molar-refractivity contribution in [1.82, 2.24) is 15.1 Å². The van der Waals surface area contributed by atoms with Crippen molar-refractivity contribution in [2.75, 3.05) is 13.1 Å². The number of nitrogens with zero attached hydrogens (tertiary/aromatic N) is 2. The third-order valence-electron chi connectivity index (χ3n) is 7.07. The molecule has 3 heterocycles. The van der Waals surface area contributed by atoms with Crippen LogP contribution in [0.5, 0.6) is 0 Å². The van der Waals surface area contributed by atoms with Gasteiger partial charge in [0, 0.05) is 30.6 Å². The van der Waals surface area contributed by atoms with Gasteiger partial charge in [0.25, 0.3) is 5.91 Å². The molecule has 0 radical (unpaired) electrons. The molecule has 8 nitrogen and oxygen atoms in total. The second-order valence-electron chi connectivity index (χ2n) is 9.99. The van der Waals surface area contributed by atoms with E-state index in [0.717, 1.165) is 0 Å². The Hall–Kier alpha value is -2.97. The molecule has 2 fully saturated rings. The lowest BCUT2D eigenvalue weighted by atomic mass is 9.67. The summed E-state index contributed by atoms with van der Waals surface area (Å²) in [6, 6.07) is 2.46. The summed E-state index contributed by atoms with van der Waals surface area (Å²) in [6.07, 6.45) is -0.120. The van der Waals surface area contributed by atoms with E-state index >= 15 is 4.39 Å². The Balaban J connectivity index is 1.64. The standard InChI is InChI=1S/C23H28FN3O5/c1-23(2,3)16-11-26(22(31)32)9-8-12(16)13-4-5-14-15(19(13)24)10-27(21(14)30)17-6-7-18(28)25-20(17)29/h4-5,12,16-17H,6-11H2,1-3H3,(H,31,32)(H,25,28,29). The first-order valence-electron chi connectivity index (χ1n) is 10.9. The van der Waals surface area contributed by atoms with Crippen molar-refractivity contribution in [2.24, 2.45) is 11.3 Å². The van der Waals surface area contributed by atoms with Crippen molar-refractivity contribution in [1.29, 1.82) is 0 Å². The zero-order valence-electron chi connectivity index (χ0n) is 18.5. The Morgan fingerprint density at radius 2 is 1.91 bits per heavy atom. The fourth-order valence-electron chi connectivity index (χ4n) is 5.28. The number of piperidine rings is 2. The van der Waals surface area contributed by atoms with Gasteiger partial charge < -0.3 is 14.9 Å². The van der Waals surface area contributed by atoms with E-state index in [-0.39, 0.29) is 53.7 Å². The quantitative estimate of drug-likeness (QED) is 0.681. The molecule has 0 saturated carbocycles. The fourth-order valence-corrected chi connectivity index (χ4v) is 5.28. The summed E-state index contributed by atoms with van der Waals surface area (Å²) in [5.41, 5.74) is 0.752. The molecule has 3 aliphatic rings. The Morgan fingerprint density at radius 3 is 2.53 bits per heavy atom. The van der Waals surface area contributed by atoms with Gasteiger partial charge in [-0.25, -0.2) is 9.18 Å². The van der Waals surface area contributed by atoms with Crippen molar-refractivity contribution in [3.63, 3.8) is 0 Å². The minimum atomic E-state index is -0.974. The molecule has 0 aromatic heterocycles. The first-order valence-corrected chi connectivity index (χ1v) is 10.9. The molecular formula is C23H28FN3O5. The normalized spacial score (nSPS) is 26.2. The van der Waals surface area contributed by atoms with Crippen molar-refractivity contribution in [3.05, 3.63) is 34.6 Å². The lowest BCUT2D eigenvalue weighted by Gasteiger charge is -2.44. The lowest BCUT2D eigenvalue weighted by molar-refractivity contribution is -0.136. The topological polar surface area (TPSA) is 107 Å². The van der Waals surface area contributed by atoms with E-state index in [1.807, 2.05) is 20.8 Å². The van der Waals surface area contributed by atoms with E-state index in [2.05, 4.69) is 5.32 Å². The Bertz CT molecular complexity index is 1000. The van der Waals surface area contributed by atoms with Crippen LogP contribution in [0.3, 0.4) is 0 Å². The van der Waals surface area contributed by atoms with Gasteiger partial charge in [-0.1, -0.05) is 26.8 Å². The van der Waals surface area contributed by atoms with Gasteiger partial charge >= 0.3 is 6.09 Å². The molecular weight excluding hydrogens is 417 g/mol. The first kappa shape index (κ1) is 22.2. The summed E-state index contributed by atoms with van der Waals surface area (Å²) in [4.78, 5) is 50.9. The summed E-state index contributed by atoms with van der Waals surface area (Å²) in [5, 5.41) is 11.7. The second kappa shape index (κ2) is 7.86. The molecule has 1 aromatic rings. The molecule has 3 unspecified atom stereocenters. The van der Waals surface area contributed by atoms with Crippen LogP contribution in [0.1, 0.15) is 67.4 Å². The largest absolute Gasteiger partial charge is 0.465 e. The smallest absolute Gasteiger partial charge is 0.407 e. The molecule has 0 spiro atoms. The summed E-state index contributed by atoms with van der Waals surface area (Å²) < 4.78 is 15.8. The summed E-state index contributed by atoms with van der Waals surface area (Å²) in [6.45, 7) is 6.70. The summed E-state index contributed by atoms with van der Waals surface area (Å²) in [5.74, 6) is -2.04. The number of carbonyl (C=O) groups excluding carboxylic acids is 3. The number of imide groups is 1. The average Bonchev–Trinajstić information content (AvgIpc) is 3.04. The molecule has 172 valence electrons. The van der Waals surface area contributed by atoms with Gasteiger partial charge in [0.05, 0.1) is 6.54 Å². The predicted octanol–water partition coefficient (Wildman–Crippen LogP) is 2.72. The molecule has 32 heavy (non-hydrogen) atoms. The first-order chi connectivity index (χ1) is 15.0. The lowest BCUT2D eigenvalue weighted by Crippen LogP contribution is -2.52. The average molecular weight is 445 g/mol. The summed E-state index contributed by atoms with van der Waals surface area (Å²) >= 11 is 0. The van der Waals surface area contributed by atoms with Gasteiger partial charge in [-0.2, -0.15) is 0 Å². The van der Waals surface area contributed by atoms with Crippen LogP contribution in [0.2, 0.25) is 0 Å². The van der Waals surface area contributed by atoms with Crippen molar-refractivity contribution < 1.29 is 28.7 Å². The van der Waals surface area contributed by atoms with E-state index in [0.29, 0.717) is 25.1 Å². The molecule has 3 aliphatic heterocycles. The Labute approximate surface area is 185 Å². The third kappa shape index (κ3) is 3.73. The minimum Gasteiger partial charge on any atom is -0.465 e. The van der Waals surface area contributed by atoms with Gasteiger partial charge in [0.2, 0.25) is 11.8 Å². The molecule has 2 N–H and O–H groups in total. The number of nitrogens with one attached hydrogen (secondary N) is 1. The Kier molecular flexibility index (Phi) is 5.46. The van der Waals surface area contributed by atoms with E-state index < -0.39 is 29.8 Å². The maximum Gasteiger partial charge on any atom is 0.407 e. The number of halogens is 1. The highest BCUT2D eigenvalue weighted by atomic mass is 19.1. The monoisotopic (exact) mass is 445 g/mol. The maximum absolute atomic E-state index is 15.8. The molecule has 2 saturated heterocycles. The van der Waals surface area contributed by atoms with E-state index in [9.17, 15) is 24.3 Å². The molecule has 4 amide bonds. The zero-order valence-corrected chi connectivity index (χ0v) is 18.5. The highest BCUT2D eigenvalue weighted by Gasteiger charge is 2.43. The summed E-state index contributed by atoms with van der Waals surface area (Å²) in [7, 11) is 0.